The Morgan fingerprint density at radius 1 is 0.698 bits per heavy atom. The minimum absolute atomic E-state index is 0.0120. The standard InChI is InChI=1S/C42H64N2O5SSi3/c1-40(2,3)51(10,11)46-27-33-35(48-52(12,13)41(4,5)6)36(49-53(14,15)42(7,8)9)38(47-33)44-26-32(37(50)43-39(44)45)34-30-22-18-16-20-28(30)24-25-29-21-17-19-23-31(29)34/h16-26,33-36,38H,27H2,1-15H3,(H,43,45,50)/t33-,35-,36-,38-/m1/s1. The Hall–Kier alpha value is -2.23. The molecular formula is C42H64N2O5SSi3. The third-order valence-corrected chi connectivity index (χ3v) is 26.6. The van der Waals surface area contributed by atoms with Gasteiger partial charge in [0.1, 0.15) is 23.0 Å². The Kier molecular flexibility index (Phi) is 11.6. The third kappa shape index (κ3) is 8.47. The Morgan fingerprint density at radius 2 is 1.15 bits per heavy atom. The number of hydrogen-bond acceptors (Lipinski definition) is 6. The van der Waals surface area contributed by atoms with E-state index in [1.807, 2.05) is 6.20 Å². The number of aromatic amines is 1. The first-order chi connectivity index (χ1) is 24.3. The normalized spacial score (nSPS) is 21.7. The van der Waals surface area contributed by atoms with Crippen LogP contribution in [0.3, 0.4) is 0 Å². The molecule has 1 N–H and O–H groups in total. The predicted octanol–water partition coefficient (Wildman–Crippen LogP) is 11.3. The SMILES string of the molecule is CC(C)(C)[Si](C)(C)OC[C@H]1O[C@@H](n2cc(C3c4ccccc4C=Cc4ccccc43)c(=S)[nH]c2=O)[C@H](O[Si](C)(C)C(C)(C)C)[C@@H]1O[Si](C)(C)C(C)(C)C. The van der Waals surface area contributed by atoms with Crippen LogP contribution >= 0.6 is 12.2 Å². The van der Waals surface area contributed by atoms with E-state index in [0.717, 1.165) is 27.8 Å². The molecule has 0 amide bonds. The minimum atomic E-state index is -2.43. The van der Waals surface area contributed by atoms with E-state index in [0.29, 0.717) is 11.2 Å². The number of ether oxygens (including phenoxy) is 1. The summed E-state index contributed by atoms with van der Waals surface area (Å²) in [5.74, 6) is -0.217. The second-order valence-corrected chi connectivity index (χ2v) is 34.3. The van der Waals surface area contributed by atoms with Crippen molar-refractivity contribution in [3.05, 3.63) is 97.7 Å². The topological polar surface area (TPSA) is 74.7 Å². The summed E-state index contributed by atoms with van der Waals surface area (Å²) in [6.45, 7) is 34.2. The van der Waals surface area contributed by atoms with E-state index in [9.17, 15) is 4.79 Å². The van der Waals surface area contributed by atoms with Crippen LogP contribution < -0.4 is 5.69 Å². The molecule has 0 saturated carbocycles. The predicted molar refractivity (Wildman–Crippen MR) is 230 cm³/mol. The number of aromatic nitrogens is 2. The lowest BCUT2D eigenvalue weighted by Gasteiger charge is -2.44. The maximum absolute atomic E-state index is 14.3. The minimum Gasteiger partial charge on any atom is -0.414 e. The van der Waals surface area contributed by atoms with Crippen LogP contribution in [0.5, 0.6) is 0 Å². The first-order valence-electron chi connectivity index (χ1n) is 19.1. The van der Waals surface area contributed by atoms with Crippen LogP contribution in [0.25, 0.3) is 12.2 Å². The summed E-state index contributed by atoms with van der Waals surface area (Å²) in [6.07, 6.45) is 3.99. The maximum atomic E-state index is 14.3. The molecule has 1 saturated heterocycles. The van der Waals surface area contributed by atoms with Gasteiger partial charge in [0.05, 0.1) is 6.61 Å². The highest BCUT2D eigenvalue weighted by Crippen LogP contribution is 2.47. The van der Waals surface area contributed by atoms with Gasteiger partial charge in [0.2, 0.25) is 0 Å². The van der Waals surface area contributed by atoms with E-state index in [1.54, 1.807) is 4.57 Å². The van der Waals surface area contributed by atoms with Crippen LogP contribution in [0.1, 0.15) is 102 Å². The number of nitrogens with zero attached hydrogens (tertiary/aromatic N) is 1. The second kappa shape index (κ2) is 14.7. The molecule has 1 aromatic heterocycles. The summed E-state index contributed by atoms with van der Waals surface area (Å²) in [5, 5.41) is -0.145. The van der Waals surface area contributed by atoms with Crippen LogP contribution in [0, 0.1) is 4.64 Å². The first-order valence-corrected chi connectivity index (χ1v) is 28.3. The Bertz CT molecular complexity index is 1900. The van der Waals surface area contributed by atoms with Crippen molar-refractivity contribution < 1.29 is 18.0 Å². The van der Waals surface area contributed by atoms with Crippen LogP contribution in [-0.2, 0) is 18.0 Å². The zero-order chi connectivity index (χ0) is 39.5. The molecule has 2 aromatic carbocycles. The average Bonchev–Trinajstić information content (AvgIpc) is 3.24. The fraction of sp³-hybridized carbons (Fsp3) is 0.571. The van der Waals surface area contributed by atoms with Gasteiger partial charge < -0.3 is 18.0 Å². The summed E-state index contributed by atoms with van der Waals surface area (Å²) in [7, 11) is -6.97. The highest BCUT2D eigenvalue weighted by Gasteiger charge is 2.55. The van der Waals surface area contributed by atoms with Crippen molar-refractivity contribution >= 4 is 49.3 Å². The van der Waals surface area contributed by atoms with E-state index in [4.69, 9.17) is 30.2 Å². The van der Waals surface area contributed by atoms with Crippen molar-refractivity contribution in [3.63, 3.8) is 0 Å². The number of fused-ring (bicyclic) bond motifs is 2. The lowest BCUT2D eigenvalue weighted by molar-refractivity contribution is -0.0511. The molecule has 290 valence electrons. The van der Waals surface area contributed by atoms with Gasteiger partial charge in [-0.25, -0.2) is 4.79 Å². The molecule has 0 bridgehead atoms. The van der Waals surface area contributed by atoms with Gasteiger partial charge in [0.15, 0.2) is 31.2 Å². The number of benzene rings is 2. The third-order valence-electron chi connectivity index (χ3n) is 12.8. The smallest absolute Gasteiger partial charge is 0.328 e. The van der Waals surface area contributed by atoms with E-state index >= 15 is 0 Å². The molecule has 11 heteroatoms. The highest BCUT2D eigenvalue weighted by atomic mass is 32.1. The number of nitrogens with one attached hydrogen (secondary N) is 1. The average molecular weight is 793 g/mol. The molecule has 1 fully saturated rings. The van der Waals surface area contributed by atoms with Crippen molar-refractivity contribution in [2.45, 2.75) is 147 Å². The Labute approximate surface area is 326 Å². The number of H-pyrrole nitrogens is 1. The van der Waals surface area contributed by atoms with Crippen molar-refractivity contribution in [1.29, 1.82) is 0 Å². The van der Waals surface area contributed by atoms with Crippen LogP contribution in [0.4, 0.5) is 0 Å². The summed E-state index contributed by atoms with van der Waals surface area (Å²) < 4.78 is 30.9. The van der Waals surface area contributed by atoms with Gasteiger partial charge >= 0.3 is 5.69 Å². The monoisotopic (exact) mass is 792 g/mol. The van der Waals surface area contributed by atoms with E-state index in [1.165, 1.54) is 0 Å². The molecule has 2 heterocycles. The largest absolute Gasteiger partial charge is 0.414 e. The first kappa shape index (κ1) is 41.9. The summed E-state index contributed by atoms with van der Waals surface area (Å²) in [6, 6.07) is 16.8. The summed E-state index contributed by atoms with van der Waals surface area (Å²) in [4.78, 5) is 17.4. The molecule has 5 rings (SSSR count). The lowest BCUT2D eigenvalue weighted by atomic mass is 9.83. The van der Waals surface area contributed by atoms with Gasteiger partial charge in [0.25, 0.3) is 0 Å². The number of hydrogen-bond donors (Lipinski definition) is 1. The van der Waals surface area contributed by atoms with Crippen LogP contribution in [-0.4, -0.2) is 59.4 Å². The zero-order valence-corrected chi connectivity index (χ0v) is 38.7. The molecular weight excluding hydrogens is 729 g/mol. The molecule has 4 atom stereocenters. The van der Waals surface area contributed by atoms with Gasteiger partial charge in [-0.1, -0.05) is 135 Å². The quantitative estimate of drug-likeness (QED) is 0.134. The highest BCUT2D eigenvalue weighted by molar-refractivity contribution is 7.71. The van der Waals surface area contributed by atoms with Crippen LogP contribution in [0.2, 0.25) is 54.4 Å². The molecule has 0 radical (unpaired) electrons. The van der Waals surface area contributed by atoms with Gasteiger partial charge in [0, 0.05) is 17.7 Å². The zero-order valence-electron chi connectivity index (χ0n) is 34.8. The van der Waals surface area contributed by atoms with Crippen molar-refractivity contribution in [1.82, 2.24) is 9.55 Å². The maximum Gasteiger partial charge on any atom is 0.328 e. The molecule has 53 heavy (non-hydrogen) atoms. The Balaban J connectivity index is 1.71. The van der Waals surface area contributed by atoms with Gasteiger partial charge in [-0.2, -0.15) is 0 Å². The van der Waals surface area contributed by atoms with E-state index < -0.39 is 49.5 Å². The van der Waals surface area contributed by atoms with Crippen molar-refractivity contribution in [2.24, 2.45) is 0 Å². The molecule has 3 aromatic rings. The molecule has 0 unspecified atom stereocenters. The van der Waals surface area contributed by atoms with Gasteiger partial charge in [-0.3, -0.25) is 9.55 Å². The Morgan fingerprint density at radius 3 is 1.62 bits per heavy atom. The van der Waals surface area contributed by atoms with Crippen molar-refractivity contribution in [2.75, 3.05) is 6.61 Å². The molecule has 1 aliphatic heterocycles. The van der Waals surface area contributed by atoms with E-state index in [2.05, 4.69) is 167 Å². The van der Waals surface area contributed by atoms with Crippen molar-refractivity contribution in [3.8, 4) is 0 Å². The fourth-order valence-electron chi connectivity index (χ4n) is 6.30. The lowest BCUT2D eigenvalue weighted by Crippen LogP contribution is -2.54. The molecule has 0 spiro atoms. The number of rotatable bonds is 9. The van der Waals surface area contributed by atoms with E-state index in [-0.39, 0.29) is 26.7 Å². The van der Waals surface area contributed by atoms with Crippen LogP contribution in [0.15, 0.2) is 59.5 Å². The van der Waals surface area contributed by atoms with Gasteiger partial charge in [-0.05, 0) is 76.7 Å². The summed E-state index contributed by atoms with van der Waals surface area (Å²) in [5.41, 5.74) is 4.98. The summed E-state index contributed by atoms with van der Waals surface area (Å²) >= 11 is 6.01. The molecule has 2 aliphatic rings. The fourth-order valence-corrected chi connectivity index (χ4v) is 10.2. The molecule has 7 nitrogen and oxygen atoms in total. The van der Waals surface area contributed by atoms with Gasteiger partial charge in [-0.15, -0.1) is 0 Å². The molecule has 1 aliphatic carbocycles. The second-order valence-electron chi connectivity index (χ2n) is 19.6.